The van der Waals surface area contributed by atoms with E-state index >= 15 is 0 Å². The maximum atomic E-state index is 13.8. The minimum Gasteiger partial charge on any atom is -0.376 e. The number of halogens is 1. The molecule has 0 saturated carbocycles. The number of aryl methyl sites for hydroxylation is 1. The van der Waals surface area contributed by atoms with Gasteiger partial charge in [-0.2, -0.15) is 0 Å². The summed E-state index contributed by atoms with van der Waals surface area (Å²) >= 11 is 6.06. The molecular formula is C31H24ClNO3. The van der Waals surface area contributed by atoms with E-state index in [1.54, 1.807) is 72.8 Å². The van der Waals surface area contributed by atoms with Gasteiger partial charge in [0.25, 0.3) is 5.91 Å². The third-order valence-electron chi connectivity index (χ3n) is 5.68. The number of amides is 1. The Morgan fingerprint density at radius 3 is 2.19 bits per heavy atom. The molecule has 0 fully saturated rings. The van der Waals surface area contributed by atoms with E-state index in [9.17, 15) is 14.7 Å². The van der Waals surface area contributed by atoms with Crippen molar-refractivity contribution >= 4 is 29.0 Å². The zero-order valence-electron chi connectivity index (χ0n) is 19.7. The second-order valence-electron chi connectivity index (χ2n) is 8.29. The van der Waals surface area contributed by atoms with Crippen molar-refractivity contribution in [1.29, 1.82) is 0 Å². The standard InChI is InChI=1S/C31H24ClNO3/c1-22-11-13-25(14-12-22)29(34)20-15-23-7-5-6-10-28(23)31(36)33(27-18-16-26(32)17-19-27)21-30(35)24-8-3-2-4-9-24/h2-14,16-19,29,34H,21H2,1H3. The van der Waals surface area contributed by atoms with Gasteiger partial charge in [-0.1, -0.05) is 95.7 Å². The molecule has 36 heavy (non-hydrogen) atoms. The third-order valence-corrected chi connectivity index (χ3v) is 5.93. The number of nitrogens with zero attached hydrogens (tertiary/aromatic N) is 1. The molecule has 1 atom stereocenters. The summed E-state index contributed by atoms with van der Waals surface area (Å²) in [6, 6.07) is 30.0. The van der Waals surface area contributed by atoms with Crippen LogP contribution in [-0.2, 0) is 0 Å². The number of aliphatic hydroxyl groups is 1. The lowest BCUT2D eigenvalue weighted by Crippen LogP contribution is -2.36. The van der Waals surface area contributed by atoms with Gasteiger partial charge in [-0.3, -0.25) is 9.59 Å². The van der Waals surface area contributed by atoms with Crippen molar-refractivity contribution in [2.75, 3.05) is 11.4 Å². The molecule has 178 valence electrons. The number of rotatable bonds is 6. The lowest BCUT2D eigenvalue weighted by molar-refractivity contribution is 0.0936. The Hall–Kier alpha value is -4.17. The van der Waals surface area contributed by atoms with E-state index in [4.69, 9.17) is 11.6 Å². The summed E-state index contributed by atoms with van der Waals surface area (Å²) in [4.78, 5) is 28.2. The summed E-state index contributed by atoms with van der Waals surface area (Å²) in [7, 11) is 0. The Kier molecular flexibility index (Phi) is 7.97. The van der Waals surface area contributed by atoms with E-state index in [0.29, 0.717) is 33.0 Å². The highest BCUT2D eigenvalue weighted by molar-refractivity contribution is 6.30. The van der Waals surface area contributed by atoms with E-state index in [1.807, 2.05) is 37.3 Å². The van der Waals surface area contributed by atoms with Crippen molar-refractivity contribution in [3.63, 3.8) is 0 Å². The molecule has 1 N–H and O–H groups in total. The number of carbonyl (C=O) groups excluding carboxylic acids is 2. The molecule has 0 aromatic heterocycles. The zero-order valence-corrected chi connectivity index (χ0v) is 20.4. The molecule has 0 saturated heterocycles. The summed E-state index contributed by atoms with van der Waals surface area (Å²) in [5.41, 5.74) is 3.60. The first-order valence-electron chi connectivity index (χ1n) is 11.4. The van der Waals surface area contributed by atoms with E-state index in [0.717, 1.165) is 5.56 Å². The molecule has 0 aliphatic rings. The predicted octanol–water partition coefficient (Wildman–Crippen LogP) is 6.26. The van der Waals surface area contributed by atoms with E-state index < -0.39 is 6.10 Å². The van der Waals surface area contributed by atoms with Gasteiger partial charge in [-0.05, 0) is 48.9 Å². The quantitative estimate of drug-likeness (QED) is 0.254. The normalized spacial score (nSPS) is 11.2. The molecule has 0 aliphatic carbocycles. The van der Waals surface area contributed by atoms with Crippen LogP contribution in [0.4, 0.5) is 5.69 Å². The average molecular weight is 494 g/mol. The van der Waals surface area contributed by atoms with Gasteiger partial charge in [0, 0.05) is 21.8 Å². The second-order valence-corrected chi connectivity index (χ2v) is 8.72. The summed E-state index contributed by atoms with van der Waals surface area (Å²) < 4.78 is 0. The van der Waals surface area contributed by atoms with Crippen molar-refractivity contribution in [3.8, 4) is 11.8 Å². The summed E-state index contributed by atoms with van der Waals surface area (Å²) in [6.45, 7) is 1.82. The Bertz CT molecular complexity index is 1420. The van der Waals surface area contributed by atoms with E-state index in [-0.39, 0.29) is 18.2 Å². The van der Waals surface area contributed by atoms with Crippen LogP contribution in [0.3, 0.4) is 0 Å². The molecule has 1 unspecified atom stereocenters. The molecule has 0 bridgehead atoms. The average Bonchev–Trinajstić information content (AvgIpc) is 2.91. The molecule has 1 amide bonds. The zero-order chi connectivity index (χ0) is 25.5. The SMILES string of the molecule is Cc1ccc(C(O)C#Cc2ccccc2C(=O)N(CC(=O)c2ccccc2)c2ccc(Cl)cc2)cc1. The monoisotopic (exact) mass is 493 g/mol. The lowest BCUT2D eigenvalue weighted by atomic mass is 10.0. The van der Waals surface area contributed by atoms with Crippen molar-refractivity contribution < 1.29 is 14.7 Å². The first-order valence-corrected chi connectivity index (χ1v) is 11.8. The topological polar surface area (TPSA) is 57.6 Å². The van der Waals surface area contributed by atoms with Gasteiger partial charge in [0.1, 0.15) is 6.10 Å². The fraction of sp³-hybridized carbons (Fsp3) is 0.0968. The van der Waals surface area contributed by atoms with Crippen LogP contribution in [0.25, 0.3) is 0 Å². The highest BCUT2D eigenvalue weighted by atomic mass is 35.5. The molecule has 0 heterocycles. The van der Waals surface area contributed by atoms with Crippen molar-refractivity contribution in [3.05, 3.63) is 136 Å². The van der Waals surface area contributed by atoms with Gasteiger partial charge in [0.05, 0.1) is 12.1 Å². The maximum absolute atomic E-state index is 13.8. The lowest BCUT2D eigenvalue weighted by Gasteiger charge is -2.23. The molecule has 4 rings (SSSR count). The van der Waals surface area contributed by atoms with Gasteiger partial charge in [0.15, 0.2) is 5.78 Å². The van der Waals surface area contributed by atoms with E-state index in [2.05, 4.69) is 11.8 Å². The molecular weight excluding hydrogens is 470 g/mol. The van der Waals surface area contributed by atoms with Crippen molar-refractivity contribution in [1.82, 2.24) is 0 Å². The summed E-state index contributed by atoms with van der Waals surface area (Å²) in [5, 5.41) is 11.1. The number of hydrogen-bond acceptors (Lipinski definition) is 3. The van der Waals surface area contributed by atoms with Crippen LogP contribution >= 0.6 is 11.6 Å². The predicted molar refractivity (Wildman–Crippen MR) is 143 cm³/mol. The summed E-state index contributed by atoms with van der Waals surface area (Å²) in [6.07, 6.45) is -0.999. The maximum Gasteiger partial charge on any atom is 0.259 e. The minimum atomic E-state index is -0.999. The number of hydrogen-bond donors (Lipinski definition) is 1. The van der Waals surface area contributed by atoms with Gasteiger partial charge < -0.3 is 10.0 Å². The number of aliphatic hydroxyl groups excluding tert-OH is 1. The van der Waals surface area contributed by atoms with Gasteiger partial charge >= 0.3 is 0 Å². The van der Waals surface area contributed by atoms with Crippen molar-refractivity contribution in [2.24, 2.45) is 0 Å². The van der Waals surface area contributed by atoms with Gasteiger partial charge in [0.2, 0.25) is 0 Å². The van der Waals surface area contributed by atoms with Crippen LogP contribution in [-0.4, -0.2) is 23.3 Å². The fourth-order valence-corrected chi connectivity index (χ4v) is 3.79. The van der Waals surface area contributed by atoms with Crippen LogP contribution < -0.4 is 4.90 Å². The largest absolute Gasteiger partial charge is 0.376 e. The minimum absolute atomic E-state index is 0.155. The third kappa shape index (κ3) is 6.09. The number of benzene rings is 4. The van der Waals surface area contributed by atoms with Crippen molar-refractivity contribution in [2.45, 2.75) is 13.0 Å². The highest BCUT2D eigenvalue weighted by Crippen LogP contribution is 2.22. The highest BCUT2D eigenvalue weighted by Gasteiger charge is 2.23. The van der Waals surface area contributed by atoms with Crippen LogP contribution in [0.5, 0.6) is 0 Å². The Morgan fingerprint density at radius 2 is 1.50 bits per heavy atom. The first kappa shape index (κ1) is 24.9. The number of ketones is 1. The molecule has 0 radical (unpaired) electrons. The fourth-order valence-electron chi connectivity index (χ4n) is 3.66. The molecule has 0 spiro atoms. The molecule has 4 aromatic rings. The van der Waals surface area contributed by atoms with Gasteiger partial charge in [-0.15, -0.1) is 0 Å². The van der Waals surface area contributed by atoms with Crippen LogP contribution in [0, 0.1) is 18.8 Å². The first-order chi connectivity index (χ1) is 17.4. The number of Topliss-reactive ketones (excluding diaryl/α,β-unsaturated/α-hetero) is 1. The smallest absolute Gasteiger partial charge is 0.259 e. The molecule has 4 nitrogen and oxygen atoms in total. The molecule has 4 aromatic carbocycles. The Morgan fingerprint density at radius 1 is 0.861 bits per heavy atom. The number of carbonyl (C=O) groups is 2. The summed E-state index contributed by atoms with van der Waals surface area (Å²) in [5.74, 6) is 5.21. The molecule has 0 aliphatic heterocycles. The van der Waals surface area contributed by atoms with Crippen LogP contribution in [0.1, 0.15) is 43.5 Å². The van der Waals surface area contributed by atoms with Crippen LogP contribution in [0.15, 0.2) is 103 Å². The van der Waals surface area contributed by atoms with Crippen LogP contribution in [0.2, 0.25) is 5.02 Å². The number of anilines is 1. The van der Waals surface area contributed by atoms with Gasteiger partial charge in [-0.25, -0.2) is 0 Å². The Labute approximate surface area is 215 Å². The van der Waals surface area contributed by atoms with E-state index in [1.165, 1.54) is 4.90 Å². The molecule has 5 heteroatoms. The second kappa shape index (κ2) is 11.5. The Balaban J connectivity index is 1.67.